The molecule has 3 aromatic heterocycles. The first-order valence-electron chi connectivity index (χ1n) is 12.2. The van der Waals surface area contributed by atoms with Gasteiger partial charge in [0.25, 0.3) is 0 Å². The number of morpholine rings is 1. The first-order valence-corrected chi connectivity index (χ1v) is 13.7. The topological polar surface area (TPSA) is 108 Å². The number of rotatable bonds is 6. The molecule has 4 heterocycles. The number of thiazole rings is 1. The Balaban J connectivity index is 1.33. The summed E-state index contributed by atoms with van der Waals surface area (Å²) < 4.78 is 5.45. The fourth-order valence-corrected chi connectivity index (χ4v) is 6.92. The molecule has 0 aromatic carbocycles. The van der Waals surface area contributed by atoms with Crippen molar-refractivity contribution < 1.29 is 9.53 Å². The number of aromatic nitrogens is 4. The normalized spacial score (nSPS) is 25.3. The van der Waals surface area contributed by atoms with E-state index in [0.717, 1.165) is 29.5 Å². The van der Waals surface area contributed by atoms with Crippen molar-refractivity contribution in [2.24, 2.45) is 17.8 Å². The van der Waals surface area contributed by atoms with Crippen molar-refractivity contribution >= 4 is 62.4 Å². The van der Waals surface area contributed by atoms with Gasteiger partial charge in [-0.1, -0.05) is 46.7 Å². The molecule has 3 aromatic rings. The van der Waals surface area contributed by atoms with Gasteiger partial charge in [0.1, 0.15) is 10.4 Å². The third-order valence-electron chi connectivity index (χ3n) is 7.05. The summed E-state index contributed by atoms with van der Waals surface area (Å²) in [5.41, 5.74) is 1.91. The van der Waals surface area contributed by atoms with E-state index in [2.05, 4.69) is 42.6 Å². The summed E-state index contributed by atoms with van der Waals surface area (Å²) in [6, 6.07) is 0.00710. The van der Waals surface area contributed by atoms with Crippen LogP contribution in [0.3, 0.4) is 0 Å². The third kappa shape index (κ3) is 4.23. The summed E-state index contributed by atoms with van der Waals surface area (Å²) in [7, 11) is 0. The molecule has 6 rings (SSSR count). The molecule has 1 amide bonds. The predicted molar refractivity (Wildman–Crippen MR) is 143 cm³/mol. The lowest BCUT2D eigenvalue weighted by Gasteiger charge is -2.30. The van der Waals surface area contributed by atoms with E-state index in [4.69, 9.17) is 32.9 Å². The summed E-state index contributed by atoms with van der Waals surface area (Å²) in [6.45, 7) is 6.85. The van der Waals surface area contributed by atoms with E-state index in [-0.39, 0.29) is 35.7 Å². The number of anilines is 2. The Labute approximate surface area is 222 Å². The highest BCUT2D eigenvalue weighted by molar-refractivity contribution is 7.19. The van der Waals surface area contributed by atoms with Crippen molar-refractivity contribution in [3.8, 4) is 10.7 Å². The SMILES string of the molecule is CC(C)NC(=O)[C@@H]1[C@H](Nc2c(Cl)cnc3nc(-c4sc(N5CCOCC5)nc4Cl)[nH]c23)[C@H]2C=C[C@@H]1C2. The van der Waals surface area contributed by atoms with E-state index in [0.29, 0.717) is 46.1 Å². The molecule has 0 spiro atoms. The van der Waals surface area contributed by atoms with Crippen LogP contribution in [0.1, 0.15) is 20.3 Å². The minimum atomic E-state index is -0.170. The summed E-state index contributed by atoms with van der Waals surface area (Å²) in [5.74, 6) is 0.960. The summed E-state index contributed by atoms with van der Waals surface area (Å²) in [5, 5.41) is 8.40. The van der Waals surface area contributed by atoms with Crippen LogP contribution in [0.15, 0.2) is 18.3 Å². The molecule has 36 heavy (non-hydrogen) atoms. The average molecular weight is 549 g/mol. The number of halogens is 2. The highest BCUT2D eigenvalue weighted by Gasteiger charge is 2.48. The molecule has 1 saturated heterocycles. The molecule has 3 N–H and O–H groups in total. The van der Waals surface area contributed by atoms with Crippen LogP contribution in [0.4, 0.5) is 10.8 Å². The predicted octanol–water partition coefficient (Wildman–Crippen LogP) is 4.35. The number of fused-ring (bicyclic) bond motifs is 3. The zero-order valence-corrected chi connectivity index (χ0v) is 22.3. The number of hydrogen-bond donors (Lipinski definition) is 3. The smallest absolute Gasteiger partial charge is 0.225 e. The van der Waals surface area contributed by atoms with E-state index in [1.54, 1.807) is 6.20 Å². The van der Waals surface area contributed by atoms with Crippen molar-refractivity contribution in [2.75, 3.05) is 36.5 Å². The van der Waals surface area contributed by atoms with Crippen molar-refractivity contribution in [3.63, 3.8) is 0 Å². The molecule has 1 saturated carbocycles. The summed E-state index contributed by atoms with van der Waals surface area (Å²) >= 11 is 14.7. The standard InChI is InChI=1S/C24H27Cl2N7O2S/c1-11(2)28-23(34)15-12-3-4-13(9-12)16(15)29-17-14(25)10-27-21-18(17)30-22(32-21)19-20(26)31-24(36-19)33-5-7-35-8-6-33/h3-4,10-13,15-16H,5-9H2,1-2H3,(H,28,34)(H2,27,29,30,32)/t12-,13+,15+,16-/m1/s1. The van der Waals surface area contributed by atoms with Crippen LogP contribution in [0.5, 0.6) is 0 Å². The molecule has 1 aliphatic heterocycles. The summed E-state index contributed by atoms with van der Waals surface area (Å²) in [6.07, 6.45) is 6.92. The number of H-pyrrole nitrogens is 1. The van der Waals surface area contributed by atoms with Crippen LogP contribution < -0.4 is 15.5 Å². The number of ether oxygens (including phenoxy) is 1. The molecule has 2 fully saturated rings. The fraction of sp³-hybridized carbons (Fsp3) is 0.500. The van der Waals surface area contributed by atoms with E-state index in [1.807, 2.05) is 13.8 Å². The second-order valence-electron chi connectivity index (χ2n) is 9.79. The van der Waals surface area contributed by atoms with Crippen LogP contribution in [-0.4, -0.2) is 64.2 Å². The molecular weight excluding hydrogens is 521 g/mol. The minimum Gasteiger partial charge on any atom is -0.378 e. The van der Waals surface area contributed by atoms with Crippen molar-refractivity contribution in [1.29, 1.82) is 0 Å². The van der Waals surface area contributed by atoms with E-state index >= 15 is 0 Å². The Morgan fingerprint density at radius 2 is 2.00 bits per heavy atom. The molecular formula is C24H27Cl2N7O2S. The molecule has 12 heteroatoms. The fourth-order valence-electron chi connectivity index (χ4n) is 5.43. The van der Waals surface area contributed by atoms with Gasteiger partial charge in [0.15, 0.2) is 21.8 Å². The van der Waals surface area contributed by atoms with Gasteiger partial charge in [-0.3, -0.25) is 4.79 Å². The highest BCUT2D eigenvalue weighted by Crippen LogP contribution is 2.46. The second kappa shape index (κ2) is 9.48. The van der Waals surface area contributed by atoms with Gasteiger partial charge in [-0.15, -0.1) is 0 Å². The van der Waals surface area contributed by atoms with E-state index < -0.39 is 0 Å². The number of nitrogens with one attached hydrogen (secondary N) is 3. The molecule has 0 unspecified atom stereocenters. The zero-order chi connectivity index (χ0) is 25.0. The molecule has 9 nitrogen and oxygen atoms in total. The number of hydrogen-bond acceptors (Lipinski definition) is 8. The molecule has 190 valence electrons. The Morgan fingerprint density at radius 1 is 1.22 bits per heavy atom. The maximum absolute atomic E-state index is 13.1. The Kier molecular flexibility index (Phi) is 6.31. The first kappa shape index (κ1) is 24.0. The number of allylic oxidation sites excluding steroid dienone is 1. The van der Waals surface area contributed by atoms with Crippen molar-refractivity contribution in [1.82, 2.24) is 25.3 Å². The molecule has 4 atom stereocenters. The molecule has 2 aliphatic carbocycles. The number of carbonyl (C=O) groups excluding carboxylic acids is 1. The lowest BCUT2D eigenvalue weighted by atomic mass is 9.87. The monoisotopic (exact) mass is 547 g/mol. The summed E-state index contributed by atoms with van der Waals surface area (Å²) in [4.78, 5) is 33.1. The Morgan fingerprint density at radius 3 is 2.78 bits per heavy atom. The molecule has 0 radical (unpaired) electrons. The maximum atomic E-state index is 13.1. The van der Waals surface area contributed by atoms with Crippen LogP contribution in [0.2, 0.25) is 10.2 Å². The number of pyridine rings is 1. The Hall–Kier alpha value is -2.40. The highest BCUT2D eigenvalue weighted by atomic mass is 35.5. The number of nitrogens with zero attached hydrogens (tertiary/aromatic N) is 4. The largest absolute Gasteiger partial charge is 0.378 e. The van der Waals surface area contributed by atoms with E-state index in [9.17, 15) is 4.79 Å². The third-order valence-corrected chi connectivity index (χ3v) is 8.84. The lowest BCUT2D eigenvalue weighted by Crippen LogP contribution is -2.45. The van der Waals surface area contributed by atoms with Gasteiger partial charge in [0, 0.05) is 25.2 Å². The van der Waals surface area contributed by atoms with Crippen molar-refractivity contribution in [2.45, 2.75) is 32.4 Å². The van der Waals surface area contributed by atoms with Crippen LogP contribution in [-0.2, 0) is 9.53 Å². The number of carbonyl (C=O) groups is 1. The molecule has 3 aliphatic rings. The van der Waals surface area contributed by atoms with Gasteiger partial charge in [-0.2, -0.15) is 0 Å². The Bertz CT molecular complexity index is 1330. The van der Waals surface area contributed by atoms with Gasteiger partial charge < -0.3 is 25.3 Å². The minimum absolute atomic E-state index is 0.0677. The van der Waals surface area contributed by atoms with Crippen LogP contribution in [0.25, 0.3) is 21.9 Å². The van der Waals surface area contributed by atoms with Gasteiger partial charge in [-0.25, -0.2) is 15.0 Å². The van der Waals surface area contributed by atoms with E-state index in [1.165, 1.54) is 11.3 Å². The zero-order valence-electron chi connectivity index (χ0n) is 19.9. The van der Waals surface area contributed by atoms with Gasteiger partial charge in [0.2, 0.25) is 5.91 Å². The number of aromatic amines is 1. The quantitative estimate of drug-likeness (QED) is 0.393. The van der Waals surface area contributed by atoms with Gasteiger partial charge in [-0.05, 0) is 32.1 Å². The number of imidazole rings is 1. The maximum Gasteiger partial charge on any atom is 0.225 e. The lowest BCUT2D eigenvalue weighted by molar-refractivity contribution is -0.126. The van der Waals surface area contributed by atoms with Crippen LogP contribution in [0, 0.1) is 17.8 Å². The van der Waals surface area contributed by atoms with Crippen molar-refractivity contribution in [3.05, 3.63) is 28.5 Å². The first-order chi connectivity index (χ1) is 17.4. The average Bonchev–Trinajstić information content (AvgIpc) is 3.63. The number of amides is 1. The molecule has 2 bridgehead atoms. The second-order valence-corrected chi connectivity index (χ2v) is 11.5. The van der Waals surface area contributed by atoms with Gasteiger partial charge in [0.05, 0.1) is 36.0 Å². The van der Waals surface area contributed by atoms with Crippen LogP contribution >= 0.6 is 34.5 Å². The van der Waals surface area contributed by atoms with Gasteiger partial charge >= 0.3 is 0 Å².